The number of nitrogens with zero attached hydrogens (tertiary/aromatic N) is 2. The van der Waals surface area contributed by atoms with Gasteiger partial charge in [-0.05, 0) is 59.9 Å². The van der Waals surface area contributed by atoms with Gasteiger partial charge in [0.05, 0.1) is 17.2 Å². The third kappa shape index (κ3) is 5.36. The Hall–Kier alpha value is -4.91. The number of nitrogens with one attached hydrogen (secondary N) is 2. The number of amides is 2. The van der Waals surface area contributed by atoms with Crippen molar-refractivity contribution in [2.45, 2.75) is 25.5 Å². The lowest BCUT2D eigenvalue weighted by Gasteiger charge is -2.29. The number of nitriles is 1. The number of allylic oxidation sites excluding steroid dienone is 1. The number of halogens is 1. The summed E-state index contributed by atoms with van der Waals surface area (Å²) in [6.45, 7) is -0.00285. The average molecular weight is 500 g/mol. The van der Waals surface area contributed by atoms with E-state index in [2.05, 4.69) is 15.6 Å². The van der Waals surface area contributed by atoms with Gasteiger partial charge >= 0.3 is 12.0 Å². The van der Waals surface area contributed by atoms with Gasteiger partial charge in [-0.1, -0.05) is 18.2 Å². The zero-order chi connectivity index (χ0) is 25.8. The fraction of sp³-hybridized carbons (Fsp3) is 0.185. The van der Waals surface area contributed by atoms with Crippen molar-refractivity contribution in [3.8, 4) is 17.6 Å². The van der Waals surface area contributed by atoms with Crippen molar-refractivity contribution in [3.63, 3.8) is 0 Å². The Bertz CT molecular complexity index is 1450. The Labute approximate surface area is 211 Å². The van der Waals surface area contributed by atoms with Crippen LogP contribution in [0.25, 0.3) is 0 Å². The summed E-state index contributed by atoms with van der Waals surface area (Å²) in [5.41, 5.74) is 2.67. The summed E-state index contributed by atoms with van der Waals surface area (Å²) in [7, 11) is 0. The molecule has 0 saturated carbocycles. The van der Waals surface area contributed by atoms with E-state index in [1.165, 1.54) is 30.6 Å². The quantitative estimate of drug-likeness (QED) is 0.473. The van der Waals surface area contributed by atoms with E-state index in [4.69, 9.17) is 14.2 Å². The van der Waals surface area contributed by atoms with Crippen LogP contribution < -0.4 is 20.1 Å². The van der Waals surface area contributed by atoms with E-state index in [-0.39, 0.29) is 24.5 Å². The number of carbonyl (C=O) groups excluding carboxylic acids is 2. The number of carbonyl (C=O) groups is 2. The molecule has 5 rings (SSSR count). The summed E-state index contributed by atoms with van der Waals surface area (Å²) in [6.07, 6.45) is 3.65. The van der Waals surface area contributed by atoms with Gasteiger partial charge in [-0.25, -0.2) is 14.0 Å². The Morgan fingerprint density at radius 2 is 1.97 bits per heavy atom. The van der Waals surface area contributed by atoms with Gasteiger partial charge in [0.15, 0.2) is 11.5 Å². The first-order chi connectivity index (χ1) is 18.0. The lowest BCUT2D eigenvalue weighted by molar-refractivity contribution is -0.140. The third-order valence-corrected chi connectivity index (χ3v) is 5.96. The maximum Gasteiger partial charge on any atom is 0.338 e. The number of hydrogen-bond acceptors (Lipinski definition) is 7. The van der Waals surface area contributed by atoms with Crippen molar-refractivity contribution < 1.29 is 28.2 Å². The van der Waals surface area contributed by atoms with Crippen LogP contribution in [0.5, 0.6) is 11.5 Å². The van der Waals surface area contributed by atoms with Crippen LogP contribution in [-0.2, 0) is 22.6 Å². The van der Waals surface area contributed by atoms with Crippen molar-refractivity contribution >= 4 is 12.0 Å². The molecule has 0 saturated heterocycles. The zero-order valence-corrected chi connectivity index (χ0v) is 19.5. The molecule has 0 fully saturated rings. The van der Waals surface area contributed by atoms with Crippen LogP contribution >= 0.6 is 0 Å². The number of benzene rings is 2. The van der Waals surface area contributed by atoms with Crippen molar-refractivity contribution in [2.24, 2.45) is 0 Å². The summed E-state index contributed by atoms with van der Waals surface area (Å²) < 4.78 is 29.9. The monoisotopic (exact) mass is 500 g/mol. The molecular formula is C27H21FN4O5. The van der Waals surface area contributed by atoms with E-state index in [9.17, 15) is 19.2 Å². The minimum Gasteiger partial charge on any atom is -0.457 e. The van der Waals surface area contributed by atoms with Crippen molar-refractivity contribution in [3.05, 3.63) is 100 Å². The van der Waals surface area contributed by atoms with Crippen LogP contribution in [0.1, 0.15) is 34.7 Å². The molecule has 186 valence electrons. The molecule has 0 spiro atoms. The van der Waals surface area contributed by atoms with E-state index >= 15 is 0 Å². The van der Waals surface area contributed by atoms with Crippen LogP contribution in [0.4, 0.5) is 9.18 Å². The lowest BCUT2D eigenvalue weighted by atomic mass is 9.93. The number of ether oxygens (including phenoxy) is 3. The van der Waals surface area contributed by atoms with Gasteiger partial charge in [0.2, 0.25) is 6.79 Å². The summed E-state index contributed by atoms with van der Waals surface area (Å²) in [5.74, 6) is 0.156. The van der Waals surface area contributed by atoms with E-state index in [1.54, 1.807) is 12.1 Å². The maximum atomic E-state index is 13.6. The van der Waals surface area contributed by atoms with Crippen molar-refractivity contribution in [2.75, 3.05) is 6.79 Å². The maximum absolute atomic E-state index is 13.6. The van der Waals surface area contributed by atoms with E-state index in [1.807, 2.05) is 24.3 Å². The molecule has 1 aromatic heterocycles. The Balaban J connectivity index is 1.46. The molecule has 2 aromatic carbocycles. The summed E-state index contributed by atoms with van der Waals surface area (Å²) in [4.78, 5) is 30.0. The highest BCUT2D eigenvalue weighted by Crippen LogP contribution is 2.34. The third-order valence-electron chi connectivity index (χ3n) is 5.96. The second-order valence-corrected chi connectivity index (χ2v) is 8.44. The Morgan fingerprint density at radius 3 is 2.81 bits per heavy atom. The SMILES string of the molecule is N#Cc1cncc(C2NC(=O)NC(CCc3ccc4c(c3)OCO4)=C2C(=O)OCc2cccc(F)c2)c1. The normalized spacial score (nSPS) is 16.0. The first-order valence-corrected chi connectivity index (χ1v) is 11.5. The summed E-state index contributed by atoms with van der Waals surface area (Å²) >= 11 is 0. The number of urea groups is 1. The molecule has 37 heavy (non-hydrogen) atoms. The molecule has 1 atom stereocenters. The number of fused-ring (bicyclic) bond motifs is 1. The van der Waals surface area contributed by atoms with Crippen LogP contribution in [-0.4, -0.2) is 23.8 Å². The minimum absolute atomic E-state index is 0.157. The molecule has 9 nitrogen and oxygen atoms in total. The van der Waals surface area contributed by atoms with Crippen molar-refractivity contribution in [1.29, 1.82) is 5.26 Å². The highest BCUT2D eigenvalue weighted by atomic mass is 19.1. The van der Waals surface area contributed by atoms with Crippen LogP contribution in [0.2, 0.25) is 0 Å². The van der Waals surface area contributed by atoms with E-state index in [0.717, 1.165) is 5.56 Å². The molecule has 0 bridgehead atoms. The van der Waals surface area contributed by atoms with Crippen LogP contribution in [0, 0.1) is 17.1 Å². The second kappa shape index (κ2) is 10.4. The lowest BCUT2D eigenvalue weighted by Crippen LogP contribution is -2.46. The van der Waals surface area contributed by atoms with Gasteiger partial charge in [-0.3, -0.25) is 4.98 Å². The zero-order valence-electron chi connectivity index (χ0n) is 19.5. The largest absolute Gasteiger partial charge is 0.457 e. The number of hydrogen-bond donors (Lipinski definition) is 2. The first kappa shape index (κ1) is 23.8. The van der Waals surface area contributed by atoms with Crippen LogP contribution in [0.15, 0.2) is 72.2 Å². The standard InChI is InChI=1S/C27H21FN4O5/c28-20-3-1-2-17(9-20)14-35-26(33)24-21(6-4-16-5-7-22-23(10-16)37-15-36-22)31-27(34)32-25(24)19-8-18(11-29)12-30-13-19/h1-3,5,7-10,12-13,25H,4,6,14-15H2,(H2,31,32,34). The van der Waals surface area contributed by atoms with Gasteiger partial charge in [0.1, 0.15) is 18.5 Å². The topological polar surface area (TPSA) is 123 Å². The molecule has 3 aromatic rings. The van der Waals surface area contributed by atoms with E-state index in [0.29, 0.717) is 41.2 Å². The summed E-state index contributed by atoms with van der Waals surface area (Å²) in [6, 6.07) is 13.5. The molecule has 10 heteroatoms. The molecule has 3 heterocycles. The number of aryl methyl sites for hydroxylation is 1. The number of esters is 1. The molecule has 2 amide bonds. The molecule has 0 aliphatic carbocycles. The predicted molar refractivity (Wildman–Crippen MR) is 127 cm³/mol. The highest BCUT2D eigenvalue weighted by Gasteiger charge is 2.34. The van der Waals surface area contributed by atoms with Gasteiger partial charge in [-0.2, -0.15) is 5.26 Å². The number of aromatic nitrogens is 1. The fourth-order valence-electron chi connectivity index (χ4n) is 4.20. The highest BCUT2D eigenvalue weighted by molar-refractivity contribution is 5.95. The molecule has 2 N–H and O–H groups in total. The molecule has 1 unspecified atom stereocenters. The van der Waals surface area contributed by atoms with Gasteiger partial charge in [0.25, 0.3) is 0 Å². The van der Waals surface area contributed by atoms with Gasteiger partial charge < -0.3 is 24.8 Å². The Morgan fingerprint density at radius 1 is 1.11 bits per heavy atom. The molecular weight excluding hydrogens is 479 g/mol. The van der Waals surface area contributed by atoms with Crippen LogP contribution in [0.3, 0.4) is 0 Å². The smallest absolute Gasteiger partial charge is 0.338 e. The van der Waals surface area contributed by atoms with E-state index < -0.39 is 23.9 Å². The van der Waals surface area contributed by atoms with Gasteiger partial charge in [0, 0.05) is 18.1 Å². The van der Waals surface area contributed by atoms with Gasteiger partial charge in [-0.15, -0.1) is 0 Å². The molecule has 2 aliphatic heterocycles. The average Bonchev–Trinajstić information content (AvgIpc) is 3.38. The van der Waals surface area contributed by atoms with Crippen molar-refractivity contribution in [1.82, 2.24) is 15.6 Å². The number of pyridine rings is 1. The number of rotatable bonds is 7. The fourth-order valence-corrected chi connectivity index (χ4v) is 4.20. The molecule has 0 radical (unpaired) electrons. The minimum atomic E-state index is -0.902. The molecule has 2 aliphatic rings. The second-order valence-electron chi connectivity index (χ2n) is 8.44. The first-order valence-electron chi connectivity index (χ1n) is 11.5. The summed E-state index contributed by atoms with van der Waals surface area (Å²) in [5, 5.41) is 14.8. The Kier molecular flexibility index (Phi) is 6.68. The predicted octanol–water partition coefficient (Wildman–Crippen LogP) is 3.81.